The number of carbonyl (C=O) groups excluding carboxylic acids is 2. The van der Waals surface area contributed by atoms with Crippen LogP contribution in [0.5, 0.6) is 11.5 Å². The van der Waals surface area contributed by atoms with E-state index in [1.807, 2.05) is 13.0 Å². The smallest absolute Gasteiger partial charge is 0.258 e. The molecule has 1 N–H and O–H groups in total. The van der Waals surface area contributed by atoms with E-state index >= 15 is 0 Å². The van der Waals surface area contributed by atoms with Gasteiger partial charge in [0, 0.05) is 12.1 Å². The molecule has 0 aliphatic heterocycles. The highest BCUT2D eigenvalue weighted by atomic mass is 35.5. The Hall–Kier alpha value is -2.64. The Bertz CT molecular complexity index is 932. The maximum atomic E-state index is 12.6. The predicted octanol–water partition coefficient (Wildman–Crippen LogP) is 5.00. The number of aryl methyl sites for hydroxylation is 1. The van der Waals surface area contributed by atoms with E-state index in [-0.39, 0.29) is 16.5 Å². The van der Waals surface area contributed by atoms with Crippen molar-refractivity contribution in [3.05, 3.63) is 45.9 Å². The number of halogens is 2. The van der Waals surface area contributed by atoms with E-state index < -0.39 is 17.7 Å². The molecular weight excluding hydrogens is 405 g/mol. The lowest BCUT2D eigenvalue weighted by Crippen LogP contribution is -2.32. The van der Waals surface area contributed by atoms with Crippen LogP contribution in [0.3, 0.4) is 0 Å². The molecule has 0 saturated heterocycles. The molecule has 0 spiro atoms. The molecule has 0 heterocycles. The summed E-state index contributed by atoms with van der Waals surface area (Å²) >= 11 is 12.3. The minimum absolute atomic E-state index is 0.233. The topological polar surface area (TPSA) is 89.3 Å². The summed E-state index contributed by atoms with van der Waals surface area (Å²) in [7, 11) is 2.87. The average Bonchev–Trinajstić information content (AvgIpc) is 2.64. The van der Waals surface area contributed by atoms with Gasteiger partial charge in [-0.2, -0.15) is 10.2 Å². The number of Topliss-reactive ketones (excluding diaryl/α,β-unsaturated/α-hetero) is 1. The predicted molar refractivity (Wildman–Crippen MR) is 108 cm³/mol. The Balaban J connectivity index is 2.32. The first-order valence-electron chi connectivity index (χ1n) is 8.17. The Morgan fingerprint density at radius 3 is 2.46 bits per heavy atom. The second-order valence-corrected chi connectivity index (χ2v) is 6.60. The van der Waals surface area contributed by atoms with Crippen molar-refractivity contribution < 1.29 is 19.1 Å². The van der Waals surface area contributed by atoms with Crippen LogP contribution in [0.2, 0.25) is 10.0 Å². The standard InChI is InChI=1S/C19H19Cl2N3O4/c1-10-6-5-7-14(16(10)21)23-24-17(11(2)25)19(26)22-15-9-12(27-3)8-13(20)18(15)28-4/h5-9,17H,1-4H3,(H,22,26). The van der Waals surface area contributed by atoms with Crippen molar-refractivity contribution in [3.63, 3.8) is 0 Å². The zero-order valence-electron chi connectivity index (χ0n) is 15.7. The third-order valence-corrected chi connectivity index (χ3v) is 4.57. The first-order chi connectivity index (χ1) is 13.3. The van der Waals surface area contributed by atoms with Gasteiger partial charge < -0.3 is 14.8 Å². The highest BCUT2D eigenvalue weighted by molar-refractivity contribution is 6.33. The number of anilines is 1. The monoisotopic (exact) mass is 423 g/mol. The van der Waals surface area contributed by atoms with E-state index in [0.29, 0.717) is 16.5 Å². The Morgan fingerprint density at radius 2 is 1.86 bits per heavy atom. The number of rotatable bonds is 7. The summed E-state index contributed by atoms with van der Waals surface area (Å²) in [4.78, 5) is 24.6. The molecule has 1 amide bonds. The molecule has 2 aromatic rings. The Labute approximate surface area is 172 Å². The van der Waals surface area contributed by atoms with Crippen molar-refractivity contribution in [1.82, 2.24) is 0 Å². The minimum atomic E-state index is -1.37. The summed E-state index contributed by atoms with van der Waals surface area (Å²) in [6.45, 7) is 3.06. The van der Waals surface area contributed by atoms with Crippen LogP contribution in [0.25, 0.3) is 0 Å². The molecule has 28 heavy (non-hydrogen) atoms. The molecule has 0 fully saturated rings. The van der Waals surface area contributed by atoms with Crippen molar-refractivity contribution in [1.29, 1.82) is 0 Å². The maximum absolute atomic E-state index is 12.6. The molecule has 1 unspecified atom stereocenters. The van der Waals surface area contributed by atoms with E-state index in [0.717, 1.165) is 5.56 Å². The van der Waals surface area contributed by atoms with Gasteiger partial charge in [0.25, 0.3) is 5.91 Å². The molecule has 2 aromatic carbocycles. The third-order valence-electron chi connectivity index (χ3n) is 3.80. The first kappa shape index (κ1) is 21.7. The van der Waals surface area contributed by atoms with Gasteiger partial charge in [0.15, 0.2) is 11.5 Å². The van der Waals surface area contributed by atoms with Gasteiger partial charge in [0.05, 0.1) is 30.0 Å². The number of amides is 1. The van der Waals surface area contributed by atoms with Gasteiger partial charge in [0.1, 0.15) is 11.4 Å². The third kappa shape index (κ3) is 4.99. The fourth-order valence-electron chi connectivity index (χ4n) is 2.34. The van der Waals surface area contributed by atoms with Crippen LogP contribution in [0.4, 0.5) is 11.4 Å². The van der Waals surface area contributed by atoms with Crippen molar-refractivity contribution >= 4 is 46.3 Å². The van der Waals surface area contributed by atoms with Crippen LogP contribution in [0.15, 0.2) is 40.6 Å². The lowest BCUT2D eigenvalue weighted by molar-refractivity contribution is -0.126. The number of methoxy groups -OCH3 is 2. The van der Waals surface area contributed by atoms with Gasteiger partial charge in [-0.05, 0) is 25.5 Å². The summed E-state index contributed by atoms with van der Waals surface area (Å²) < 4.78 is 10.4. The lowest BCUT2D eigenvalue weighted by Gasteiger charge is -2.15. The molecule has 0 radical (unpaired) electrons. The number of ketones is 1. The zero-order chi connectivity index (χ0) is 20.8. The van der Waals surface area contributed by atoms with E-state index in [1.54, 1.807) is 12.1 Å². The largest absolute Gasteiger partial charge is 0.497 e. The molecule has 0 aliphatic carbocycles. The molecule has 1 atom stereocenters. The molecule has 0 saturated carbocycles. The van der Waals surface area contributed by atoms with Crippen LogP contribution < -0.4 is 14.8 Å². The van der Waals surface area contributed by atoms with Crippen molar-refractivity contribution in [2.75, 3.05) is 19.5 Å². The van der Waals surface area contributed by atoms with Crippen LogP contribution in [0.1, 0.15) is 12.5 Å². The van der Waals surface area contributed by atoms with E-state index in [1.165, 1.54) is 33.3 Å². The summed E-state index contributed by atoms with van der Waals surface area (Å²) in [5.41, 5.74) is 1.41. The first-order valence-corrected chi connectivity index (χ1v) is 8.92. The van der Waals surface area contributed by atoms with Gasteiger partial charge in [-0.3, -0.25) is 9.59 Å². The number of hydrogen-bond donors (Lipinski definition) is 1. The summed E-state index contributed by atoms with van der Waals surface area (Å²) in [6, 6.07) is 6.90. The second-order valence-electron chi connectivity index (χ2n) is 5.82. The summed E-state index contributed by atoms with van der Waals surface area (Å²) in [6.07, 6.45) is 0. The van der Waals surface area contributed by atoms with Gasteiger partial charge in [-0.15, -0.1) is 0 Å². The second kappa shape index (κ2) is 9.52. The normalized spacial score (nSPS) is 11.9. The number of nitrogens with zero attached hydrogens (tertiary/aromatic N) is 2. The van der Waals surface area contributed by atoms with Crippen LogP contribution >= 0.6 is 23.2 Å². The summed E-state index contributed by atoms with van der Waals surface area (Å²) in [5, 5.41) is 11.1. The summed E-state index contributed by atoms with van der Waals surface area (Å²) in [5.74, 6) is -0.536. The van der Waals surface area contributed by atoms with Crippen LogP contribution in [-0.4, -0.2) is 32.0 Å². The Kier molecular flexibility index (Phi) is 7.37. The highest BCUT2D eigenvalue weighted by Gasteiger charge is 2.25. The van der Waals surface area contributed by atoms with Crippen molar-refractivity contribution in [3.8, 4) is 11.5 Å². The molecule has 9 heteroatoms. The highest BCUT2D eigenvalue weighted by Crippen LogP contribution is 2.37. The lowest BCUT2D eigenvalue weighted by atomic mass is 10.2. The van der Waals surface area contributed by atoms with E-state index in [2.05, 4.69) is 15.5 Å². The number of hydrogen-bond acceptors (Lipinski definition) is 6. The fraction of sp³-hybridized carbons (Fsp3) is 0.263. The Morgan fingerprint density at radius 1 is 1.14 bits per heavy atom. The van der Waals surface area contributed by atoms with Crippen molar-refractivity contribution in [2.24, 2.45) is 10.2 Å². The number of benzene rings is 2. The fourth-order valence-corrected chi connectivity index (χ4v) is 2.79. The molecular formula is C19H19Cl2N3O4. The number of nitrogens with one attached hydrogen (secondary N) is 1. The molecule has 0 aliphatic rings. The van der Waals surface area contributed by atoms with E-state index in [9.17, 15) is 9.59 Å². The van der Waals surface area contributed by atoms with Gasteiger partial charge in [0.2, 0.25) is 6.04 Å². The molecule has 7 nitrogen and oxygen atoms in total. The number of azo groups is 1. The SMILES string of the molecule is COc1cc(Cl)c(OC)c(NC(=O)C(N=Nc2cccc(C)c2Cl)C(C)=O)c1. The maximum Gasteiger partial charge on any atom is 0.258 e. The van der Waals surface area contributed by atoms with Crippen LogP contribution in [-0.2, 0) is 9.59 Å². The zero-order valence-corrected chi connectivity index (χ0v) is 17.3. The molecule has 148 valence electrons. The van der Waals surface area contributed by atoms with Crippen LogP contribution in [0, 0.1) is 6.92 Å². The number of ether oxygens (including phenoxy) is 2. The van der Waals surface area contributed by atoms with Gasteiger partial charge in [-0.25, -0.2) is 0 Å². The quantitative estimate of drug-likeness (QED) is 0.501. The van der Waals surface area contributed by atoms with Gasteiger partial charge in [-0.1, -0.05) is 35.3 Å². The van der Waals surface area contributed by atoms with Crippen molar-refractivity contribution in [2.45, 2.75) is 19.9 Å². The molecule has 0 aromatic heterocycles. The molecule has 2 rings (SSSR count). The molecule has 0 bridgehead atoms. The minimum Gasteiger partial charge on any atom is -0.497 e. The van der Waals surface area contributed by atoms with Gasteiger partial charge >= 0.3 is 0 Å². The van der Waals surface area contributed by atoms with E-state index in [4.69, 9.17) is 32.7 Å². The average molecular weight is 424 g/mol. The number of carbonyl (C=O) groups is 2.